The fourth-order valence-corrected chi connectivity index (χ4v) is 5.14. The van der Waals surface area contributed by atoms with Gasteiger partial charge < -0.3 is 29.6 Å². The summed E-state index contributed by atoms with van der Waals surface area (Å²) in [6.07, 6.45) is 8.09. The van der Waals surface area contributed by atoms with Crippen LogP contribution in [-0.4, -0.2) is 20.8 Å². The smallest absolute Gasteiger partial charge is 0.408 e. The first-order chi connectivity index (χ1) is 18.6. The lowest BCUT2D eigenvalue weighted by molar-refractivity contribution is -0.654. The molecule has 0 radical (unpaired) electrons. The molecule has 0 saturated carbocycles. The van der Waals surface area contributed by atoms with Crippen LogP contribution in [0.1, 0.15) is 24.8 Å². The lowest BCUT2D eigenvalue weighted by atomic mass is 10.1. The number of nitrogens with zero attached hydrogens (tertiary/aromatic N) is 6. The van der Waals surface area contributed by atoms with E-state index in [2.05, 4.69) is 31.8 Å². The average molecular weight is 582 g/mol. The van der Waals surface area contributed by atoms with Gasteiger partial charge in [-0.1, -0.05) is 12.5 Å². The summed E-state index contributed by atoms with van der Waals surface area (Å²) in [5, 5.41) is 26.5. The summed E-state index contributed by atoms with van der Waals surface area (Å²) in [6, 6.07) is 11.9. The Bertz CT molecular complexity index is 1290. The van der Waals surface area contributed by atoms with Crippen LogP contribution in [-0.2, 0) is 20.5 Å². The second-order valence-electron chi connectivity index (χ2n) is 8.61. The molecule has 0 aliphatic carbocycles. The molecule has 214 valence electrons. The minimum absolute atomic E-state index is 0. The Labute approximate surface area is 245 Å². The third kappa shape index (κ3) is 8.92. The summed E-state index contributed by atoms with van der Waals surface area (Å²) in [6.45, 7) is 0.860. The van der Waals surface area contributed by atoms with Crippen LogP contribution in [0.4, 0.5) is 27.3 Å². The molecule has 0 bridgehead atoms. The quantitative estimate of drug-likeness (QED) is 0.0750. The van der Waals surface area contributed by atoms with E-state index in [0.717, 1.165) is 71.1 Å². The molecule has 0 unspecified atom stereocenters. The van der Waals surface area contributed by atoms with Gasteiger partial charge in [-0.15, -0.1) is 0 Å². The SMILES string of the molecule is COc1cc(N=Nc2scc[n+]2C)ccc1CCCCCNc1ccc(N=Nc2scc[n+]2C)cc1OC.[CH3-].[CH3-]. The van der Waals surface area contributed by atoms with Crippen molar-refractivity contribution in [2.24, 2.45) is 34.6 Å². The Morgan fingerprint density at radius 1 is 0.725 bits per heavy atom. The number of rotatable bonds is 13. The number of hydrogen-bond acceptors (Lipinski definition) is 9. The summed E-state index contributed by atoms with van der Waals surface area (Å²) in [5.41, 5.74) is 3.67. The third-order valence-corrected chi connectivity index (χ3v) is 7.59. The van der Waals surface area contributed by atoms with Gasteiger partial charge in [0, 0.05) is 29.4 Å². The predicted octanol–water partition coefficient (Wildman–Crippen LogP) is 8.03. The van der Waals surface area contributed by atoms with Crippen LogP contribution >= 0.6 is 22.7 Å². The summed E-state index contributed by atoms with van der Waals surface area (Å²) < 4.78 is 15.1. The van der Waals surface area contributed by atoms with Gasteiger partial charge in [0.1, 0.15) is 35.3 Å². The highest BCUT2D eigenvalue weighted by Crippen LogP contribution is 2.31. The van der Waals surface area contributed by atoms with E-state index in [1.807, 2.05) is 76.7 Å². The molecular weight excluding hydrogens is 543 g/mol. The maximum atomic E-state index is 5.62. The predicted molar refractivity (Wildman–Crippen MR) is 164 cm³/mol. The molecular formula is C29H39N7O2S2. The summed E-state index contributed by atoms with van der Waals surface area (Å²) in [4.78, 5) is 0. The maximum Gasteiger partial charge on any atom is 0.408 e. The van der Waals surface area contributed by atoms with E-state index in [9.17, 15) is 0 Å². The third-order valence-electron chi connectivity index (χ3n) is 5.92. The Kier molecular flexibility index (Phi) is 13.3. The minimum atomic E-state index is 0. The zero-order valence-electron chi connectivity index (χ0n) is 24.1. The standard InChI is InChI=1S/C27H32N7O2S2.2CH3/c1-33-14-16-37-26(33)31-29-21-10-9-20(24(18-21)35-3)8-6-5-7-13-28-23-12-11-22(19-25(23)36-4)30-32-27-34(2)15-17-38-27;;/h9-12,14-19H,5-8,13H2,1-4H3;2*1H3/q+1;2*-1/p+1. The van der Waals surface area contributed by atoms with Crippen molar-refractivity contribution in [3.05, 3.63) is 80.0 Å². The largest absolute Gasteiger partial charge is 0.496 e. The van der Waals surface area contributed by atoms with Crippen molar-refractivity contribution in [1.82, 2.24) is 0 Å². The van der Waals surface area contributed by atoms with E-state index >= 15 is 0 Å². The zero-order valence-corrected chi connectivity index (χ0v) is 25.8. The van der Waals surface area contributed by atoms with E-state index in [1.165, 1.54) is 5.56 Å². The molecule has 1 N–H and O–H groups in total. The van der Waals surface area contributed by atoms with Gasteiger partial charge in [-0.05, 0) is 75.9 Å². The fraction of sp³-hybridized carbons (Fsp3) is 0.310. The zero-order chi connectivity index (χ0) is 26.7. The van der Waals surface area contributed by atoms with Gasteiger partial charge in [0.25, 0.3) is 0 Å². The van der Waals surface area contributed by atoms with Crippen molar-refractivity contribution < 1.29 is 18.6 Å². The van der Waals surface area contributed by atoms with E-state index in [1.54, 1.807) is 36.9 Å². The molecule has 0 amide bonds. The molecule has 0 spiro atoms. The van der Waals surface area contributed by atoms with Crippen LogP contribution in [0.15, 0.2) is 80.0 Å². The van der Waals surface area contributed by atoms with Crippen LogP contribution in [0, 0.1) is 14.9 Å². The van der Waals surface area contributed by atoms with Gasteiger partial charge in [-0.3, -0.25) is 0 Å². The second kappa shape index (κ2) is 16.4. The van der Waals surface area contributed by atoms with Crippen LogP contribution < -0.4 is 23.9 Å². The Balaban J connectivity index is 0.00000280. The van der Waals surface area contributed by atoms with Gasteiger partial charge in [0.2, 0.25) is 0 Å². The van der Waals surface area contributed by atoms with E-state index in [4.69, 9.17) is 9.47 Å². The lowest BCUT2D eigenvalue weighted by Gasteiger charge is -2.11. The van der Waals surface area contributed by atoms with Crippen LogP contribution in [0.3, 0.4) is 0 Å². The molecule has 0 aliphatic rings. The Morgan fingerprint density at radius 3 is 1.85 bits per heavy atom. The molecule has 2 aromatic heterocycles. The Hall–Kier alpha value is -3.70. The van der Waals surface area contributed by atoms with E-state index < -0.39 is 0 Å². The number of aromatic nitrogens is 2. The second-order valence-corrected chi connectivity index (χ2v) is 10.4. The fourth-order valence-electron chi connectivity index (χ4n) is 3.78. The molecule has 2 aromatic carbocycles. The summed E-state index contributed by atoms with van der Waals surface area (Å²) >= 11 is 3.10. The first kappa shape index (κ1) is 32.5. The molecule has 2 heterocycles. The number of nitrogens with one attached hydrogen (secondary N) is 1. The van der Waals surface area contributed by atoms with Crippen molar-refractivity contribution in [2.45, 2.75) is 25.7 Å². The summed E-state index contributed by atoms with van der Waals surface area (Å²) in [7, 11) is 7.28. The van der Waals surface area contributed by atoms with Crippen molar-refractivity contribution in [2.75, 3.05) is 26.1 Å². The van der Waals surface area contributed by atoms with Gasteiger partial charge in [-0.2, -0.15) is 0 Å². The highest BCUT2D eigenvalue weighted by Gasteiger charge is 2.11. The minimum Gasteiger partial charge on any atom is -0.496 e. The monoisotopic (exact) mass is 581 g/mol. The topological polar surface area (TPSA) is 87.7 Å². The highest BCUT2D eigenvalue weighted by molar-refractivity contribution is 7.13. The molecule has 0 fully saturated rings. The van der Waals surface area contributed by atoms with Crippen LogP contribution in [0.2, 0.25) is 0 Å². The number of azo groups is 2. The van der Waals surface area contributed by atoms with Crippen molar-refractivity contribution in [1.29, 1.82) is 0 Å². The molecule has 40 heavy (non-hydrogen) atoms. The van der Waals surface area contributed by atoms with Crippen molar-refractivity contribution >= 4 is 50.0 Å². The Morgan fingerprint density at radius 2 is 1.30 bits per heavy atom. The highest BCUT2D eigenvalue weighted by atomic mass is 32.1. The van der Waals surface area contributed by atoms with Gasteiger partial charge in [0.15, 0.2) is 0 Å². The summed E-state index contributed by atoms with van der Waals surface area (Å²) in [5.74, 6) is 1.61. The average Bonchev–Trinajstić information content (AvgIpc) is 3.55. The van der Waals surface area contributed by atoms with Gasteiger partial charge in [-0.25, -0.2) is 9.13 Å². The molecule has 0 atom stereocenters. The van der Waals surface area contributed by atoms with Gasteiger partial charge in [0.05, 0.1) is 44.2 Å². The molecule has 4 aromatic rings. The number of unbranched alkanes of at least 4 members (excludes halogenated alkanes) is 2. The van der Waals surface area contributed by atoms with Crippen LogP contribution in [0.25, 0.3) is 0 Å². The number of methoxy groups -OCH3 is 2. The molecule has 0 aliphatic heterocycles. The lowest BCUT2D eigenvalue weighted by Crippen LogP contribution is -2.23. The maximum absolute atomic E-state index is 5.62. The van der Waals surface area contributed by atoms with E-state index in [-0.39, 0.29) is 14.9 Å². The molecule has 0 saturated heterocycles. The number of anilines is 1. The van der Waals surface area contributed by atoms with Crippen LogP contribution in [0.5, 0.6) is 11.5 Å². The number of ether oxygens (including phenoxy) is 2. The van der Waals surface area contributed by atoms with E-state index in [0.29, 0.717) is 0 Å². The molecule has 4 rings (SSSR count). The normalized spacial score (nSPS) is 10.9. The number of thiazole rings is 2. The first-order valence-electron chi connectivity index (χ1n) is 12.4. The number of aryl methyl sites for hydroxylation is 3. The van der Waals surface area contributed by atoms with Gasteiger partial charge >= 0.3 is 10.3 Å². The van der Waals surface area contributed by atoms with Crippen molar-refractivity contribution in [3.63, 3.8) is 0 Å². The number of hydrogen-bond donors (Lipinski definition) is 1. The van der Waals surface area contributed by atoms with Crippen molar-refractivity contribution in [3.8, 4) is 11.5 Å². The molecule has 9 nitrogen and oxygen atoms in total. The number of benzene rings is 2. The molecule has 11 heteroatoms. The first-order valence-corrected chi connectivity index (χ1v) is 14.1.